The largest absolute Gasteiger partial charge is 0.378 e. The van der Waals surface area contributed by atoms with Crippen molar-refractivity contribution in [2.45, 2.75) is 20.8 Å². The van der Waals surface area contributed by atoms with Gasteiger partial charge in [0.2, 0.25) is 0 Å². The average molecular weight is 326 g/mol. The molecular formula is C18H22N4O2. The summed E-state index contributed by atoms with van der Waals surface area (Å²) in [6.07, 6.45) is 1.58. The summed E-state index contributed by atoms with van der Waals surface area (Å²) >= 11 is 0. The molecule has 0 saturated carbocycles. The van der Waals surface area contributed by atoms with Gasteiger partial charge in [0.1, 0.15) is 5.69 Å². The molecule has 0 atom stereocenters. The van der Waals surface area contributed by atoms with Crippen molar-refractivity contribution in [3.8, 4) is 0 Å². The number of aromatic nitrogens is 1. The van der Waals surface area contributed by atoms with Crippen LogP contribution in [0.15, 0.2) is 29.4 Å². The van der Waals surface area contributed by atoms with Gasteiger partial charge in [0.15, 0.2) is 5.78 Å². The van der Waals surface area contributed by atoms with E-state index in [2.05, 4.69) is 15.5 Å². The summed E-state index contributed by atoms with van der Waals surface area (Å²) in [5.74, 6) is -0.436. The van der Waals surface area contributed by atoms with Crippen LogP contribution in [0.3, 0.4) is 0 Å². The van der Waals surface area contributed by atoms with Crippen molar-refractivity contribution in [2.24, 2.45) is 5.10 Å². The van der Waals surface area contributed by atoms with E-state index in [1.807, 2.05) is 43.3 Å². The van der Waals surface area contributed by atoms with E-state index >= 15 is 0 Å². The number of ketones is 1. The smallest absolute Gasteiger partial charge is 0.288 e. The minimum absolute atomic E-state index is 0.0650. The van der Waals surface area contributed by atoms with Gasteiger partial charge in [-0.25, -0.2) is 5.43 Å². The number of amides is 1. The highest BCUT2D eigenvalue weighted by Gasteiger charge is 2.19. The molecule has 0 spiro atoms. The quantitative estimate of drug-likeness (QED) is 0.504. The van der Waals surface area contributed by atoms with Gasteiger partial charge in [0.25, 0.3) is 5.91 Å². The summed E-state index contributed by atoms with van der Waals surface area (Å²) in [4.78, 5) is 28.8. The molecule has 2 N–H and O–H groups in total. The number of anilines is 1. The summed E-state index contributed by atoms with van der Waals surface area (Å²) in [5.41, 5.74) is 6.70. The zero-order valence-electron chi connectivity index (χ0n) is 14.6. The van der Waals surface area contributed by atoms with Crippen molar-refractivity contribution < 1.29 is 9.59 Å². The molecule has 0 unspecified atom stereocenters. The number of carbonyl (C=O) groups excluding carboxylic acids is 2. The van der Waals surface area contributed by atoms with Crippen LogP contribution in [-0.2, 0) is 0 Å². The molecule has 0 bridgehead atoms. The lowest BCUT2D eigenvalue weighted by Gasteiger charge is -2.11. The maximum absolute atomic E-state index is 12.2. The SMILES string of the molecule is CC(=O)c1c(C)[nH]c(C(=O)N/N=C/c2ccc(N(C)C)cc2)c1C. The molecule has 0 aliphatic rings. The van der Waals surface area contributed by atoms with Crippen LogP contribution in [0.4, 0.5) is 5.69 Å². The number of nitrogens with one attached hydrogen (secondary N) is 2. The summed E-state index contributed by atoms with van der Waals surface area (Å²) in [7, 11) is 3.94. The second-order valence-electron chi connectivity index (χ2n) is 5.87. The number of rotatable bonds is 5. The van der Waals surface area contributed by atoms with E-state index in [1.54, 1.807) is 20.1 Å². The number of hydrogen-bond donors (Lipinski definition) is 2. The zero-order valence-corrected chi connectivity index (χ0v) is 14.6. The van der Waals surface area contributed by atoms with Crippen molar-refractivity contribution in [3.63, 3.8) is 0 Å². The number of hydrogen-bond acceptors (Lipinski definition) is 4. The van der Waals surface area contributed by atoms with E-state index in [4.69, 9.17) is 0 Å². The molecule has 0 radical (unpaired) electrons. The fraction of sp³-hybridized carbons (Fsp3) is 0.278. The molecule has 0 saturated heterocycles. The predicted octanol–water partition coefficient (Wildman–Crippen LogP) is 2.66. The lowest BCUT2D eigenvalue weighted by Crippen LogP contribution is -2.19. The maximum Gasteiger partial charge on any atom is 0.288 e. The van der Waals surface area contributed by atoms with Gasteiger partial charge in [-0.15, -0.1) is 0 Å². The van der Waals surface area contributed by atoms with Crippen LogP contribution in [0, 0.1) is 13.8 Å². The van der Waals surface area contributed by atoms with E-state index in [-0.39, 0.29) is 11.7 Å². The highest BCUT2D eigenvalue weighted by atomic mass is 16.2. The standard InChI is InChI=1S/C18H22N4O2/c1-11-16(13(3)23)12(2)20-17(11)18(24)21-19-10-14-6-8-15(9-7-14)22(4)5/h6-10,20H,1-5H3,(H,21,24)/b19-10+. The van der Waals surface area contributed by atoms with Crippen molar-refractivity contribution in [1.29, 1.82) is 0 Å². The summed E-state index contributed by atoms with van der Waals surface area (Å²) < 4.78 is 0. The van der Waals surface area contributed by atoms with Gasteiger partial charge in [-0.3, -0.25) is 9.59 Å². The monoisotopic (exact) mass is 326 g/mol. The third-order valence-electron chi connectivity index (χ3n) is 3.81. The van der Waals surface area contributed by atoms with Crippen LogP contribution in [0.5, 0.6) is 0 Å². The predicted molar refractivity (Wildman–Crippen MR) is 96.1 cm³/mol. The Hall–Kier alpha value is -2.89. The molecule has 1 amide bonds. The van der Waals surface area contributed by atoms with Crippen molar-refractivity contribution in [2.75, 3.05) is 19.0 Å². The van der Waals surface area contributed by atoms with Gasteiger partial charge in [-0.1, -0.05) is 12.1 Å². The molecule has 2 aromatic rings. The topological polar surface area (TPSA) is 77.6 Å². The Kier molecular flexibility index (Phi) is 5.18. The summed E-state index contributed by atoms with van der Waals surface area (Å²) in [6.45, 7) is 5.01. The van der Waals surface area contributed by atoms with Crippen molar-refractivity contribution >= 4 is 23.6 Å². The van der Waals surface area contributed by atoms with Crippen LogP contribution in [0.1, 0.15) is 44.6 Å². The third kappa shape index (κ3) is 3.71. The van der Waals surface area contributed by atoms with Crippen molar-refractivity contribution in [3.05, 3.63) is 52.3 Å². The van der Waals surface area contributed by atoms with E-state index < -0.39 is 0 Å². The van der Waals surface area contributed by atoms with Gasteiger partial charge >= 0.3 is 0 Å². The van der Waals surface area contributed by atoms with Gasteiger partial charge in [-0.05, 0) is 44.0 Å². The van der Waals surface area contributed by atoms with Gasteiger partial charge in [-0.2, -0.15) is 5.10 Å². The summed E-state index contributed by atoms with van der Waals surface area (Å²) in [6, 6.07) is 7.79. The second kappa shape index (κ2) is 7.12. The normalized spacial score (nSPS) is 10.9. The lowest BCUT2D eigenvalue weighted by atomic mass is 10.1. The zero-order chi connectivity index (χ0) is 17.9. The van der Waals surface area contributed by atoms with E-state index in [1.165, 1.54) is 6.92 Å². The Morgan fingerprint density at radius 3 is 2.29 bits per heavy atom. The van der Waals surface area contributed by atoms with E-state index in [0.29, 0.717) is 22.5 Å². The first-order valence-electron chi connectivity index (χ1n) is 7.62. The number of aromatic amines is 1. The van der Waals surface area contributed by atoms with Crippen LogP contribution in [-0.4, -0.2) is 37.0 Å². The minimum Gasteiger partial charge on any atom is -0.378 e. The Morgan fingerprint density at radius 2 is 1.79 bits per heavy atom. The number of Topliss-reactive ketones (excluding diaryl/α,β-unsaturated/α-hetero) is 1. The van der Waals surface area contributed by atoms with E-state index in [0.717, 1.165) is 11.3 Å². The van der Waals surface area contributed by atoms with Gasteiger partial charge < -0.3 is 9.88 Å². The van der Waals surface area contributed by atoms with Crippen molar-refractivity contribution in [1.82, 2.24) is 10.4 Å². The number of H-pyrrole nitrogens is 1. The molecule has 1 aromatic heterocycles. The molecule has 6 nitrogen and oxygen atoms in total. The number of hydrazone groups is 1. The van der Waals surface area contributed by atoms with Crippen LogP contribution >= 0.6 is 0 Å². The first kappa shape index (κ1) is 17.5. The molecule has 6 heteroatoms. The molecule has 1 aromatic carbocycles. The number of carbonyl (C=O) groups is 2. The fourth-order valence-electron chi connectivity index (χ4n) is 2.59. The average Bonchev–Trinajstić information content (AvgIpc) is 2.82. The number of benzene rings is 1. The van der Waals surface area contributed by atoms with E-state index in [9.17, 15) is 9.59 Å². The molecule has 24 heavy (non-hydrogen) atoms. The fourth-order valence-corrected chi connectivity index (χ4v) is 2.59. The molecular weight excluding hydrogens is 304 g/mol. The highest BCUT2D eigenvalue weighted by molar-refractivity contribution is 6.02. The van der Waals surface area contributed by atoms with Gasteiger partial charge in [0.05, 0.1) is 6.21 Å². The Labute approximate surface area is 141 Å². The Morgan fingerprint density at radius 1 is 1.17 bits per heavy atom. The second-order valence-corrected chi connectivity index (χ2v) is 5.87. The minimum atomic E-state index is -0.371. The van der Waals surface area contributed by atoms with Crippen LogP contribution in [0.25, 0.3) is 0 Å². The maximum atomic E-state index is 12.2. The Bertz CT molecular complexity index is 786. The van der Waals surface area contributed by atoms with Gasteiger partial charge in [0, 0.05) is 31.0 Å². The molecule has 0 aliphatic carbocycles. The number of aryl methyl sites for hydroxylation is 1. The molecule has 0 aliphatic heterocycles. The molecule has 0 fully saturated rings. The number of nitrogens with zero attached hydrogens (tertiary/aromatic N) is 2. The van der Waals surface area contributed by atoms with Crippen LogP contribution < -0.4 is 10.3 Å². The Balaban J connectivity index is 2.08. The molecule has 126 valence electrons. The summed E-state index contributed by atoms with van der Waals surface area (Å²) in [5, 5.41) is 3.97. The first-order chi connectivity index (χ1) is 11.3. The molecule has 2 rings (SSSR count). The van der Waals surface area contributed by atoms with Crippen LogP contribution in [0.2, 0.25) is 0 Å². The highest BCUT2D eigenvalue weighted by Crippen LogP contribution is 2.18. The first-order valence-corrected chi connectivity index (χ1v) is 7.62. The third-order valence-corrected chi connectivity index (χ3v) is 3.81. The lowest BCUT2D eigenvalue weighted by molar-refractivity contribution is 0.0950. The molecule has 1 heterocycles.